The molecule has 1 aromatic rings. The third kappa shape index (κ3) is 5.48. The predicted octanol–water partition coefficient (Wildman–Crippen LogP) is 3.09. The minimum Gasteiger partial charge on any atom is -0.407 e. The molecule has 0 spiro atoms. The first-order chi connectivity index (χ1) is 7.88. The largest absolute Gasteiger partial charge is 0.407 e. The van der Waals surface area contributed by atoms with Crippen molar-refractivity contribution in [2.75, 3.05) is 6.61 Å². The average molecular weight is 246 g/mol. The first-order valence-corrected chi connectivity index (χ1v) is 9.03. The predicted molar refractivity (Wildman–Crippen MR) is 72.6 cm³/mol. The summed E-state index contributed by atoms with van der Waals surface area (Å²) >= 11 is 0. The molecule has 3 heteroatoms. The van der Waals surface area contributed by atoms with Crippen LogP contribution < -0.4 is 0 Å². The van der Waals surface area contributed by atoms with E-state index in [-0.39, 0.29) is 5.78 Å². The van der Waals surface area contributed by atoms with E-state index in [1.807, 2.05) is 12.1 Å². The van der Waals surface area contributed by atoms with Crippen molar-refractivity contribution < 1.29 is 9.22 Å². The second kappa shape index (κ2) is 5.81. The van der Waals surface area contributed by atoms with Crippen molar-refractivity contribution in [3.05, 3.63) is 35.4 Å². The number of Topliss-reactive ketones (excluding diaryl/α,β-unsaturated/α-hetero) is 1. The van der Waals surface area contributed by atoms with Crippen LogP contribution >= 0.6 is 0 Å². The molecule has 0 aliphatic rings. The van der Waals surface area contributed by atoms with E-state index in [0.717, 1.165) is 5.56 Å². The second-order valence-electron chi connectivity index (χ2n) is 4.84. The normalized spacial score (nSPS) is 10.6. The van der Waals surface area contributed by atoms with Crippen molar-refractivity contribution >= 4 is 14.1 Å². The molecule has 0 aliphatic heterocycles. The third-order valence-corrected chi connectivity index (χ3v) is 3.11. The lowest BCUT2D eigenvalue weighted by molar-refractivity contribution is 0.101. The lowest BCUT2D eigenvalue weighted by Gasteiger charge is -2.13. The molecule has 0 amide bonds. The van der Waals surface area contributed by atoms with Crippen molar-refractivity contribution in [1.29, 1.82) is 0 Å². The number of carbonyl (C=O) groups is 1. The molecule has 0 bridgehead atoms. The maximum Gasteiger partial charge on any atom is 0.185 e. The Kier molecular flexibility index (Phi) is 4.68. The van der Waals surface area contributed by atoms with Crippen LogP contribution in [0.25, 0.3) is 0 Å². The lowest BCUT2D eigenvalue weighted by Crippen LogP contribution is -2.25. The Morgan fingerprint density at radius 3 is 2.29 bits per heavy atom. The summed E-state index contributed by atoms with van der Waals surface area (Å²) < 4.78 is 5.62. The summed E-state index contributed by atoms with van der Waals surface area (Å²) in [6.07, 6.45) is 0. The summed E-state index contributed by atoms with van der Waals surface area (Å²) in [5.41, 5.74) is 1.63. The van der Waals surface area contributed by atoms with E-state index in [1.54, 1.807) is 19.1 Å². The maximum absolute atomic E-state index is 11.1. The van der Waals surface area contributed by atoms with E-state index < -0.39 is 8.32 Å². The number of carbonyl (C=O) groups excluding carboxylic acids is 1. The van der Waals surface area contributed by atoms with Crippen LogP contribution in [0.15, 0.2) is 24.3 Å². The molecule has 0 saturated heterocycles. The van der Waals surface area contributed by atoms with E-state index >= 15 is 0 Å². The van der Waals surface area contributed by atoms with Gasteiger partial charge in [-0.25, -0.2) is 0 Å². The molecular formula is C14H18O2Si. The number of benzene rings is 1. The van der Waals surface area contributed by atoms with Crippen molar-refractivity contribution in [2.24, 2.45) is 0 Å². The van der Waals surface area contributed by atoms with E-state index in [0.29, 0.717) is 12.2 Å². The molecule has 0 fully saturated rings. The van der Waals surface area contributed by atoms with E-state index in [1.165, 1.54) is 0 Å². The summed E-state index contributed by atoms with van der Waals surface area (Å²) in [5.74, 6) is 6.08. The Morgan fingerprint density at radius 2 is 1.82 bits per heavy atom. The zero-order valence-electron chi connectivity index (χ0n) is 10.8. The Labute approximate surface area is 104 Å². The van der Waals surface area contributed by atoms with Crippen LogP contribution in [0.5, 0.6) is 0 Å². The summed E-state index contributed by atoms with van der Waals surface area (Å²) in [4.78, 5) is 11.1. The average Bonchev–Trinajstić information content (AvgIpc) is 2.24. The molecule has 17 heavy (non-hydrogen) atoms. The minimum atomic E-state index is -1.47. The van der Waals surface area contributed by atoms with Crippen molar-refractivity contribution in [3.63, 3.8) is 0 Å². The fourth-order valence-corrected chi connectivity index (χ4v) is 1.68. The van der Waals surface area contributed by atoms with Crippen LogP contribution in [0, 0.1) is 11.8 Å². The molecule has 0 radical (unpaired) electrons. The zero-order valence-corrected chi connectivity index (χ0v) is 11.8. The number of ketones is 1. The molecule has 0 heterocycles. The summed E-state index contributed by atoms with van der Waals surface area (Å²) in [6, 6.07) is 7.31. The Bertz CT molecular complexity index is 444. The highest BCUT2D eigenvalue weighted by Gasteiger charge is 2.12. The van der Waals surface area contributed by atoms with Gasteiger partial charge < -0.3 is 4.43 Å². The van der Waals surface area contributed by atoms with Gasteiger partial charge in [0.05, 0.1) is 6.61 Å². The standard InChI is InChI=1S/C14H18O2Si/c1-12(15)14-9-7-13(8-10-14)6-5-11-16-17(2,3)4/h7-10H,11H2,1-4H3. The summed E-state index contributed by atoms with van der Waals surface area (Å²) in [5, 5.41) is 0. The van der Waals surface area contributed by atoms with Crippen molar-refractivity contribution in [2.45, 2.75) is 26.6 Å². The third-order valence-electron chi connectivity index (χ3n) is 2.10. The van der Waals surface area contributed by atoms with Crippen molar-refractivity contribution in [3.8, 4) is 11.8 Å². The van der Waals surface area contributed by atoms with Gasteiger partial charge in [-0.1, -0.05) is 24.0 Å². The molecule has 1 rings (SSSR count). The molecule has 0 aliphatic carbocycles. The Balaban J connectivity index is 2.58. The first-order valence-electron chi connectivity index (χ1n) is 5.62. The minimum absolute atomic E-state index is 0.0755. The maximum atomic E-state index is 11.1. The topological polar surface area (TPSA) is 26.3 Å². The highest BCUT2D eigenvalue weighted by molar-refractivity contribution is 6.69. The van der Waals surface area contributed by atoms with Gasteiger partial charge in [-0.15, -0.1) is 0 Å². The zero-order chi connectivity index (χ0) is 12.9. The van der Waals surface area contributed by atoms with E-state index in [9.17, 15) is 4.79 Å². The van der Waals surface area contributed by atoms with Crippen LogP contribution in [0.1, 0.15) is 22.8 Å². The van der Waals surface area contributed by atoms with Gasteiger partial charge in [0.25, 0.3) is 0 Å². The number of hydrogen-bond acceptors (Lipinski definition) is 2. The number of rotatable bonds is 3. The summed E-state index contributed by atoms with van der Waals surface area (Å²) in [6.45, 7) is 8.44. The van der Waals surface area contributed by atoms with Gasteiger partial charge in [-0.2, -0.15) is 0 Å². The van der Waals surface area contributed by atoms with Gasteiger partial charge in [0.1, 0.15) is 0 Å². The number of hydrogen-bond donors (Lipinski definition) is 0. The van der Waals surface area contributed by atoms with E-state index in [2.05, 4.69) is 31.5 Å². The highest BCUT2D eigenvalue weighted by atomic mass is 28.4. The smallest absolute Gasteiger partial charge is 0.185 e. The molecule has 0 atom stereocenters. The molecule has 0 N–H and O–H groups in total. The van der Waals surface area contributed by atoms with Crippen molar-refractivity contribution in [1.82, 2.24) is 0 Å². The lowest BCUT2D eigenvalue weighted by atomic mass is 10.1. The van der Waals surface area contributed by atoms with Crippen LogP contribution in [0.3, 0.4) is 0 Å². The van der Waals surface area contributed by atoms with Gasteiger partial charge in [0.2, 0.25) is 0 Å². The monoisotopic (exact) mass is 246 g/mol. The Morgan fingerprint density at radius 1 is 1.24 bits per heavy atom. The van der Waals surface area contributed by atoms with Crippen LogP contribution in [0.2, 0.25) is 19.6 Å². The van der Waals surface area contributed by atoms with Crippen LogP contribution in [-0.4, -0.2) is 20.7 Å². The summed E-state index contributed by atoms with van der Waals surface area (Å²) in [7, 11) is -1.47. The fraction of sp³-hybridized carbons (Fsp3) is 0.357. The van der Waals surface area contributed by atoms with Gasteiger partial charge >= 0.3 is 0 Å². The van der Waals surface area contributed by atoms with Gasteiger partial charge in [0.15, 0.2) is 14.1 Å². The van der Waals surface area contributed by atoms with Gasteiger partial charge in [0, 0.05) is 11.1 Å². The SMILES string of the molecule is CC(=O)c1ccc(C#CCO[Si](C)(C)C)cc1. The molecule has 90 valence electrons. The highest BCUT2D eigenvalue weighted by Crippen LogP contribution is 2.04. The first kappa shape index (κ1) is 13.7. The fourth-order valence-electron chi connectivity index (χ4n) is 1.18. The molecule has 0 unspecified atom stereocenters. The molecule has 2 nitrogen and oxygen atoms in total. The molecular weight excluding hydrogens is 228 g/mol. The van der Waals surface area contributed by atoms with Gasteiger partial charge in [-0.3, -0.25) is 4.79 Å². The molecule has 0 aromatic heterocycles. The van der Waals surface area contributed by atoms with E-state index in [4.69, 9.17) is 4.43 Å². The van der Waals surface area contributed by atoms with Gasteiger partial charge in [-0.05, 0) is 38.7 Å². The van der Waals surface area contributed by atoms with Crippen LogP contribution in [0.4, 0.5) is 0 Å². The quantitative estimate of drug-likeness (QED) is 0.465. The molecule has 1 aromatic carbocycles. The molecule has 0 saturated carbocycles. The van der Waals surface area contributed by atoms with Crippen LogP contribution in [-0.2, 0) is 4.43 Å². The Hall–Kier alpha value is -1.37. The second-order valence-corrected chi connectivity index (χ2v) is 9.35.